The van der Waals surface area contributed by atoms with Crippen LogP contribution in [-0.2, 0) is 0 Å². The average molecular weight is 500 g/mol. The van der Waals surface area contributed by atoms with Crippen LogP contribution in [0.3, 0.4) is 0 Å². The normalized spacial score (nSPS) is 10.8. The number of ether oxygens (including phenoxy) is 3. The Kier molecular flexibility index (Phi) is 6.38. The van der Waals surface area contributed by atoms with Crippen LogP contribution in [0.2, 0.25) is 0 Å². The van der Waals surface area contributed by atoms with Gasteiger partial charge in [0.05, 0.1) is 26.1 Å². The Bertz CT molecular complexity index is 1600. The Morgan fingerprint density at radius 1 is 0.946 bits per heavy atom. The van der Waals surface area contributed by atoms with Crippen molar-refractivity contribution in [1.82, 2.24) is 19.6 Å². The number of halogens is 1. The van der Waals surface area contributed by atoms with Crippen molar-refractivity contribution < 1.29 is 23.4 Å². The number of aryl methyl sites for hydroxylation is 1. The summed E-state index contributed by atoms with van der Waals surface area (Å²) in [5, 5.41) is 6.83. The van der Waals surface area contributed by atoms with Gasteiger partial charge in [0, 0.05) is 41.2 Å². The zero-order valence-electron chi connectivity index (χ0n) is 20.2. The number of benzene rings is 2. The van der Waals surface area contributed by atoms with E-state index in [-0.39, 0.29) is 17.1 Å². The Balaban J connectivity index is 1.35. The summed E-state index contributed by atoms with van der Waals surface area (Å²) in [4.78, 5) is 21.7. The fourth-order valence-corrected chi connectivity index (χ4v) is 3.72. The van der Waals surface area contributed by atoms with Crippen LogP contribution in [-0.4, -0.2) is 39.7 Å². The lowest BCUT2D eigenvalue weighted by Gasteiger charge is -2.11. The third-order valence-corrected chi connectivity index (χ3v) is 5.49. The number of hydrogen-bond donors (Lipinski definition) is 1. The Morgan fingerprint density at radius 3 is 2.46 bits per heavy atom. The lowest BCUT2D eigenvalue weighted by atomic mass is 10.1. The van der Waals surface area contributed by atoms with Gasteiger partial charge in [-0.3, -0.25) is 4.79 Å². The molecule has 0 radical (unpaired) electrons. The number of nitrogens with one attached hydrogen (secondary N) is 1. The van der Waals surface area contributed by atoms with E-state index < -0.39 is 11.7 Å². The fourth-order valence-electron chi connectivity index (χ4n) is 3.72. The maximum absolute atomic E-state index is 14.9. The highest BCUT2D eigenvalue weighted by molar-refractivity contribution is 6.03. The van der Waals surface area contributed by atoms with Crippen LogP contribution in [0, 0.1) is 12.7 Å². The quantitative estimate of drug-likeness (QED) is 0.324. The van der Waals surface area contributed by atoms with Crippen molar-refractivity contribution in [3.63, 3.8) is 0 Å². The molecule has 0 aliphatic rings. The summed E-state index contributed by atoms with van der Waals surface area (Å²) < 4.78 is 32.7. The molecule has 0 bridgehead atoms. The van der Waals surface area contributed by atoms with Crippen LogP contribution in [0.1, 0.15) is 16.2 Å². The SMILES string of the molecule is COc1cc(OC)cc(-c2cccc(C(=O)Nc3ccc(Oc4cc(C)nc5ccnn45)c(F)c3)n2)c1. The smallest absolute Gasteiger partial charge is 0.274 e. The maximum atomic E-state index is 14.9. The minimum atomic E-state index is -0.655. The van der Waals surface area contributed by atoms with E-state index in [0.717, 1.165) is 5.56 Å². The number of methoxy groups -OCH3 is 2. The number of carbonyl (C=O) groups is 1. The van der Waals surface area contributed by atoms with Gasteiger partial charge >= 0.3 is 0 Å². The summed E-state index contributed by atoms with van der Waals surface area (Å²) in [5.74, 6) is 0.342. The molecule has 0 aliphatic heterocycles. The summed E-state index contributed by atoms with van der Waals surface area (Å²) in [6, 6.07) is 17.9. The number of amides is 1. The summed E-state index contributed by atoms with van der Waals surface area (Å²) in [6.07, 6.45) is 1.58. The number of hydrogen-bond acceptors (Lipinski definition) is 7. The van der Waals surface area contributed by atoms with E-state index in [1.54, 1.807) is 75.0 Å². The van der Waals surface area contributed by atoms with E-state index in [1.807, 2.05) is 6.92 Å². The number of rotatable bonds is 7. The van der Waals surface area contributed by atoms with Crippen LogP contribution >= 0.6 is 0 Å². The lowest BCUT2D eigenvalue weighted by Crippen LogP contribution is -2.14. The highest BCUT2D eigenvalue weighted by Crippen LogP contribution is 2.30. The van der Waals surface area contributed by atoms with Gasteiger partial charge < -0.3 is 19.5 Å². The molecule has 5 aromatic rings. The second-order valence-corrected chi connectivity index (χ2v) is 8.05. The van der Waals surface area contributed by atoms with Gasteiger partial charge in [0.15, 0.2) is 17.2 Å². The predicted octanol–water partition coefficient (Wildman–Crippen LogP) is 5.30. The van der Waals surface area contributed by atoms with Crippen LogP contribution in [0.15, 0.2) is 72.9 Å². The van der Waals surface area contributed by atoms with E-state index in [9.17, 15) is 9.18 Å². The monoisotopic (exact) mass is 499 g/mol. The molecule has 0 saturated heterocycles. The number of nitrogens with zero attached hydrogens (tertiary/aromatic N) is 4. The largest absolute Gasteiger partial charge is 0.497 e. The van der Waals surface area contributed by atoms with Crippen LogP contribution in [0.4, 0.5) is 10.1 Å². The second-order valence-electron chi connectivity index (χ2n) is 8.05. The molecule has 0 aliphatic carbocycles. The molecular formula is C27H22FN5O4. The van der Waals surface area contributed by atoms with Crippen molar-refractivity contribution >= 4 is 17.2 Å². The third-order valence-electron chi connectivity index (χ3n) is 5.49. The first kappa shape index (κ1) is 23.7. The summed E-state index contributed by atoms with van der Waals surface area (Å²) in [5.41, 5.74) is 2.97. The minimum Gasteiger partial charge on any atom is -0.497 e. The van der Waals surface area contributed by atoms with Gasteiger partial charge in [0.25, 0.3) is 5.91 Å². The molecule has 1 amide bonds. The minimum absolute atomic E-state index is 0.0208. The highest BCUT2D eigenvalue weighted by Gasteiger charge is 2.14. The molecule has 1 N–H and O–H groups in total. The molecule has 186 valence electrons. The van der Waals surface area contributed by atoms with Gasteiger partial charge in [-0.05, 0) is 43.3 Å². The maximum Gasteiger partial charge on any atom is 0.274 e. The van der Waals surface area contributed by atoms with Gasteiger partial charge in [-0.2, -0.15) is 9.61 Å². The predicted molar refractivity (Wildman–Crippen MR) is 135 cm³/mol. The van der Waals surface area contributed by atoms with Crippen molar-refractivity contribution in [3.8, 4) is 34.4 Å². The molecule has 37 heavy (non-hydrogen) atoms. The number of pyridine rings is 1. The second kappa shape index (κ2) is 9.94. The number of carbonyl (C=O) groups excluding carboxylic acids is 1. The van der Waals surface area contributed by atoms with Crippen LogP contribution in [0.5, 0.6) is 23.1 Å². The lowest BCUT2D eigenvalue weighted by molar-refractivity contribution is 0.102. The highest BCUT2D eigenvalue weighted by atomic mass is 19.1. The standard InChI is InChI=1S/C27H22FN5O4/c1-16-11-26(33-25(30-16)9-10-29-33)37-24-8-7-18(14-21(24)28)31-27(34)23-6-4-5-22(32-23)17-12-19(35-2)15-20(13-17)36-3/h4-15H,1-3H3,(H,31,34). The van der Waals surface area contributed by atoms with Crippen LogP contribution < -0.4 is 19.5 Å². The summed E-state index contributed by atoms with van der Waals surface area (Å²) in [6.45, 7) is 1.81. The van der Waals surface area contributed by atoms with E-state index in [1.165, 1.54) is 16.6 Å². The van der Waals surface area contributed by atoms with Gasteiger partial charge in [-0.15, -0.1) is 0 Å². The van der Waals surface area contributed by atoms with Crippen LogP contribution in [0.25, 0.3) is 16.9 Å². The Labute approximate surface area is 211 Å². The molecule has 0 unspecified atom stereocenters. The number of anilines is 1. The fraction of sp³-hybridized carbons (Fsp3) is 0.111. The average Bonchev–Trinajstić information content (AvgIpc) is 3.38. The van der Waals surface area contributed by atoms with Gasteiger partial charge in [-0.25, -0.2) is 14.4 Å². The molecule has 2 aromatic carbocycles. The topological polar surface area (TPSA) is 99.9 Å². The molecular weight excluding hydrogens is 477 g/mol. The molecule has 0 fully saturated rings. The first-order valence-corrected chi connectivity index (χ1v) is 11.2. The van der Waals surface area contributed by atoms with Crippen molar-refractivity contribution in [3.05, 3.63) is 90.1 Å². The van der Waals surface area contributed by atoms with E-state index >= 15 is 0 Å². The molecule has 0 saturated carbocycles. The third kappa shape index (κ3) is 5.03. The molecule has 5 rings (SSSR count). The molecule has 9 nitrogen and oxygen atoms in total. The van der Waals surface area contributed by atoms with Crippen molar-refractivity contribution in [2.24, 2.45) is 0 Å². The summed E-state index contributed by atoms with van der Waals surface area (Å²) in [7, 11) is 3.11. The Hall–Kier alpha value is -4.99. The molecule has 0 spiro atoms. The molecule has 0 atom stereocenters. The molecule has 3 heterocycles. The van der Waals surface area contributed by atoms with E-state index in [4.69, 9.17) is 14.2 Å². The van der Waals surface area contributed by atoms with Gasteiger partial charge in [-0.1, -0.05) is 6.07 Å². The zero-order chi connectivity index (χ0) is 25.9. The number of fused-ring (bicyclic) bond motifs is 1. The zero-order valence-corrected chi connectivity index (χ0v) is 20.2. The summed E-state index contributed by atoms with van der Waals surface area (Å²) >= 11 is 0. The van der Waals surface area contributed by atoms with Crippen molar-refractivity contribution in [1.29, 1.82) is 0 Å². The van der Waals surface area contributed by atoms with E-state index in [0.29, 0.717) is 34.4 Å². The first-order chi connectivity index (χ1) is 17.9. The number of aromatic nitrogens is 4. The molecule has 3 aromatic heterocycles. The van der Waals surface area contributed by atoms with Crippen molar-refractivity contribution in [2.45, 2.75) is 6.92 Å². The Morgan fingerprint density at radius 2 is 1.73 bits per heavy atom. The molecule has 10 heteroatoms. The van der Waals surface area contributed by atoms with E-state index in [2.05, 4.69) is 20.4 Å². The van der Waals surface area contributed by atoms with Gasteiger partial charge in [0.1, 0.15) is 17.2 Å². The first-order valence-electron chi connectivity index (χ1n) is 11.2. The van der Waals surface area contributed by atoms with Crippen molar-refractivity contribution in [2.75, 3.05) is 19.5 Å². The van der Waals surface area contributed by atoms with Gasteiger partial charge in [0.2, 0.25) is 5.88 Å².